The summed E-state index contributed by atoms with van der Waals surface area (Å²) in [5.74, 6) is 1.26. The second kappa shape index (κ2) is 9.83. The van der Waals surface area contributed by atoms with E-state index in [2.05, 4.69) is 41.0 Å². The third kappa shape index (κ3) is 5.00. The fourth-order valence-corrected chi connectivity index (χ4v) is 5.94. The summed E-state index contributed by atoms with van der Waals surface area (Å²) in [6.45, 7) is 11.7. The van der Waals surface area contributed by atoms with Crippen LogP contribution < -0.4 is 10.2 Å². The molecule has 1 N–H and O–H groups in total. The second-order valence-electron chi connectivity index (χ2n) is 10.7. The number of amides is 2. The molecule has 2 amide bonds. The number of halogens is 2. The lowest BCUT2D eigenvalue weighted by atomic mass is 9.77. The summed E-state index contributed by atoms with van der Waals surface area (Å²) in [6.07, 6.45) is 3.81. The molecule has 3 heterocycles. The first-order chi connectivity index (χ1) is 16.8. The minimum Gasteiger partial charge on any atom is -0.367 e. The lowest BCUT2D eigenvalue weighted by Gasteiger charge is -2.40. The number of likely N-dealkylation sites (tertiary alicyclic amines) is 1. The summed E-state index contributed by atoms with van der Waals surface area (Å²) in [7, 11) is 0. The van der Waals surface area contributed by atoms with E-state index in [4.69, 9.17) is 27.7 Å². The van der Waals surface area contributed by atoms with Crippen molar-refractivity contribution in [2.45, 2.75) is 63.8 Å². The van der Waals surface area contributed by atoms with Crippen molar-refractivity contribution < 1.29 is 9.32 Å². The number of aromatic nitrogens is 1. The van der Waals surface area contributed by atoms with Gasteiger partial charge in [0.1, 0.15) is 10.7 Å². The zero-order valence-corrected chi connectivity index (χ0v) is 22.3. The zero-order chi connectivity index (χ0) is 24.7. The van der Waals surface area contributed by atoms with Gasteiger partial charge in [-0.25, -0.2) is 4.79 Å². The first kappa shape index (κ1) is 24.7. The number of nitrogens with one attached hydrogen (secondary N) is 1. The highest BCUT2D eigenvalue weighted by molar-refractivity contribution is 6.34. The molecule has 0 unspecified atom stereocenters. The molecule has 0 bridgehead atoms. The van der Waals surface area contributed by atoms with E-state index in [-0.39, 0.29) is 11.4 Å². The van der Waals surface area contributed by atoms with Crippen LogP contribution in [0.4, 0.5) is 16.2 Å². The first-order valence-electron chi connectivity index (χ1n) is 12.8. The molecule has 2 aromatic rings. The highest BCUT2D eigenvalue weighted by Gasteiger charge is 2.41. The van der Waals surface area contributed by atoms with E-state index in [1.165, 1.54) is 0 Å². The van der Waals surface area contributed by atoms with Gasteiger partial charge in [0.25, 0.3) is 0 Å². The van der Waals surface area contributed by atoms with E-state index in [0.717, 1.165) is 69.0 Å². The van der Waals surface area contributed by atoms with Crippen LogP contribution in [0.3, 0.4) is 0 Å². The van der Waals surface area contributed by atoms with Crippen molar-refractivity contribution in [1.29, 1.82) is 0 Å². The molecular formula is C26H35Cl2N5O2. The Balaban J connectivity index is 1.24. The van der Waals surface area contributed by atoms with Crippen LogP contribution in [0.1, 0.15) is 63.8 Å². The van der Waals surface area contributed by atoms with Gasteiger partial charge in [-0.1, -0.05) is 41.3 Å². The van der Waals surface area contributed by atoms with Gasteiger partial charge in [0, 0.05) is 56.6 Å². The highest BCUT2D eigenvalue weighted by Crippen LogP contribution is 2.47. The molecule has 1 aromatic carbocycles. The molecular weight excluding hydrogens is 485 g/mol. The number of nitrogens with zero attached hydrogens (tertiary/aromatic N) is 4. The van der Waals surface area contributed by atoms with Crippen molar-refractivity contribution in [2.75, 3.05) is 49.5 Å². The number of anilines is 2. The van der Waals surface area contributed by atoms with E-state index >= 15 is 0 Å². The summed E-state index contributed by atoms with van der Waals surface area (Å²) >= 11 is 13.2. The van der Waals surface area contributed by atoms with Crippen LogP contribution in [-0.2, 0) is 5.41 Å². The summed E-state index contributed by atoms with van der Waals surface area (Å²) in [4.78, 5) is 19.9. The van der Waals surface area contributed by atoms with E-state index in [1.54, 1.807) is 0 Å². The van der Waals surface area contributed by atoms with E-state index < -0.39 is 0 Å². The predicted octanol–water partition coefficient (Wildman–Crippen LogP) is 5.97. The predicted molar refractivity (Wildman–Crippen MR) is 141 cm³/mol. The fourth-order valence-electron chi connectivity index (χ4n) is 5.27. The Hall–Kier alpha value is -1.96. The second-order valence-corrected chi connectivity index (χ2v) is 11.5. The smallest absolute Gasteiger partial charge is 0.321 e. The van der Waals surface area contributed by atoms with Crippen molar-refractivity contribution in [3.63, 3.8) is 0 Å². The number of hydrogen-bond donors (Lipinski definition) is 1. The molecule has 1 saturated carbocycles. The maximum absolute atomic E-state index is 13.3. The number of benzene rings is 1. The normalized spacial score (nSPS) is 21.0. The Morgan fingerprint density at radius 2 is 1.80 bits per heavy atom. The summed E-state index contributed by atoms with van der Waals surface area (Å²) in [5, 5.41) is 8.72. The lowest BCUT2D eigenvalue weighted by molar-refractivity contribution is 0.170. The first-order valence-corrected chi connectivity index (χ1v) is 13.5. The Bertz CT molecular complexity index is 1070. The van der Waals surface area contributed by atoms with Crippen molar-refractivity contribution >= 4 is 40.6 Å². The number of hydrogen-bond acceptors (Lipinski definition) is 5. The molecule has 0 spiro atoms. The monoisotopic (exact) mass is 519 g/mol. The molecule has 2 aliphatic heterocycles. The molecule has 35 heavy (non-hydrogen) atoms. The number of carbonyl (C=O) groups is 1. The van der Waals surface area contributed by atoms with Gasteiger partial charge in [0.2, 0.25) is 0 Å². The van der Waals surface area contributed by atoms with Gasteiger partial charge >= 0.3 is 6.03 Å². The van der Waals surface area contributed by atoms with Crippen molar-refractivity contribution in [1.82, 2.24) is 15.0 Å². The largest absolute Gasteiger partial charge is 0.367 e. The van der Waals surface area contributed by atoms with Gasteiger partial charge in [-0.2, -0.15) is 0 Å². The van der Waals surface area contributed by atoms with Crippen LogP contribution in [0.5, 0.6) is 0 Å². The average Bonchev–Trinajstić information content (AvgIpc) is 3.61. The SMILES string of the molecule is CC(C)N1CCN(c2cccc(Cl)c2NC(=O)N2CCC(C)(c3noc(C4CC4)c3Cl)CC2)CC1. The minimum atomic E-state index is -0.198. The van der Waals surface area contributed by atoms with Gasteiger partial charge in [-0.05, 0) is 51.7 Å². The van der Waals surface area contributed by atoms with Crippen LogP contribution in [-0.4, -0.2) is 66.3 Å². The standard InChI is InChI=1S/C26H35Cl2N5O2/c1-17(2)31-13-15-32(16-14-31)20-6-4-5-19(27)22(20)29-25(34)33-11-9-26(3,10-12-33)24-21(28)23(35-30-24)18-7-8-18/h4-6,17-18H,7-16H2,1-3H3,(H,29,34). The molecule has 9 heteroatoms. The number of rotatable bonds is 5. The van der Waals surface area contributed by atoms with Crippen molar-refractivity contribution in [2.24, 2.45) is 0 Å². The molecule has 3 aliphatic rings. The topological polar surface area (TPSA) is 64.8 Å². The lowest BCUT2D eigenvalue weighted by Crippen LogP contribution is -2.49. The average molecular weight is 521 g/mol. The highest BCUT2D eigenvalue weighted by atomic mass is 35.5. The molecule has 7 nitrogen and oxygen atoms in total. The third-order valence-electron chi connectivity index (χ3n) is 7.94. The van der Waals surface area contributed by atoms with Crippen LogP contribution >= 0.6 is 23.2 Å². The minimum absolute atomic E-state index is 0.118. The Morgan fingerprint density at radius 1 is 1.11 bits per heavy atom. The quantitative estimate of drug-likeness (QED) is 0.526. The van der Waals surface area contributed by atoms with Crippen molar-refractivity contribution in [3.05, 3.63) is 39.7 Å². The van der Waals surface area contributed by atoms with Crippen LogP contribution in [0.15, 0.2) is 22.7 Å². The zero-order valence-electron chi connectivity index (χ0n) is 20.8. The Labute approximate surface area is 217 Å². The number of piperidine rings is 1. The van der Waals surface area contributed by atoms with Crippen molar-refractivity contribution in [3.8, 4) is 0 Å². The van der Waals surface area contributed by atoms with E-state index in [9.17, 15) is 4.79 Å². The van der Waals surface area contributed by atoms with Gasteiger partial charge in [0.05, 0.1) is 16.4 Å². The fraction of sp³-hybridized carbons (Fsp3) is 0.615. The number of carbonyl (C=O) groups excluding carboxylic acids is 1. The van der Waals surface area contributed by atoms with E-state index in [0.29, 0.717) is 40.8 Å². The van der Waals surface area contributed by atoms with E-state index in [1.807, 2.05) is 23.1 Å². The molecule has 2 saturated heterocycles. The van der Waals surface area contributed by atoms with Crippen LogP contribution in [0.2, 0.25) is 10.0 Å². The number of para-hydroxylation sites is 1. The van der Waals surface area contributed by atoms with Crippen LogP contribution in [0, 0.1) is 0 Å². The van der Waals surface area contributed by atoms with Gasteiger partial charge in [-0.15, -0.1) is 0 Å². The summed E-state index contributed by atoms with van der Waals surface area (Å²) < 4.78 is 5.60. The number of piperazine rings is 1. The third-order valence-corrected chi connectivity index (χ3v) is 8.62. The van der Waals surface area contributed by atoms with Gasteiger partial charge in [-0.3, -0.25) is 4.90 Å². The molecule has 5 rings (SSSR count). The van der Waals surface area contributed by atoms with Gasteiger partial charge < -0.3 is 19.6 Å². The van der Waals surface area contributed by atoms with Gasteiger partial charge in [0.15, 0.2) is 5.76 Å². The maximum atomic E-state index is 13.3. The molecule has 3 fully saturated rings. The summed E-state index contributed by atoms with van der Waals surface area (Å²) in [5.41, 5.74) is 2.32. The van der Waals surface area contributed by atoms with Crippen LogP contribution in [0.25, 0.3) is 0 Å². The molecule has 1 aliphatic carbocycles. The summed E-state index contributed by atoms with van der Waals surface area (Å²) in [6, 6.07) is 6.25. The molecule has 0 radical (unpaired) electrons. The molecule has 0 atom stereocenters. The Kier molecular flexibility index (Phi) is 6.94. The Morgan fingerprint density at radius 3 is 2.43 bits per heavy atom. The maximum Gasteiger partial charge on any atom is 0.321 e. The number of urea groups is 1. The molecule has 190 valence electrons. The molecule has 1 aromatic heterocycles.